The highest BCUT2D eigenvalue weighted by atomic mass is 16.5. The van der Waals surface area contributed by atoms with Gasteiger partial charge in [0.15, 0.2) is 17.6 Å². The maximum atomic E-state index is 11.0. The summed E-state index contributed by atoms with van der Waals surface area (Å²) >= 11 is 0. The molecular formula is C14H21NO4. The monoisotopic (exact) mass is 267 g/mol. The molecule has 3 N–H and O–H groups in total. The van der Waals surface area contributed by atoms with Gasteiger partial charge in [0.25, 0.3) is 0 Å². The zero-order valence-corrected chi connectivity index (χ0v) is 11.4. The first-order chi connectivity index (χ1) is 9.12. The largest absolute Gasteiger partial charge is 0.490 e. The molecule has 1 rings (SSSR count). The Hall–Kier alpha value is -1.75. The van der Waals surface area contributed by atoms with Crippen LogP contribution in [0.1, 0.15) is 25.8 Å². The first-order valence-electron chi connectivity index (χ1n) is 6.47. The predicted molar refractivity (Wildman–Crippen MR) is 72.7 cm³/mol. The fourth-order valence-corrected chi connectivity index (χ4v) is 1.70. The van der Waals surface area contributed by atoms with Crippen LogP contribution < -0.4 is 15.2 Å². The third-order valence-corrected chi connectivity index (χ3v) is 2.66. The molecule has 0 saturated heterocycles. The van der Waals surface area contributed by atoms with Crippen LogP contribution in [0.2, 0.25) is 0 Å². The summed E-state index contributed by atoms with van der Waals surface area (Å²) in [7, 11) is 0. The number of carboxylic acids is 1. The minimum atomic E-state index is -0.976. The molecule has 0 bridgehead atoms. The summed E-state index contributed by atoms with van der Waals surface area (Å²) in [6.45, 7) is 4.68. The van der Waals surface area contributed by atoms with Gasteiger partial charge in [-0.15, -0.1) is 0 Å². The Labute approximate surface area is 113 Å². The van der Waals surface area contributed by atoms with E-state index in [0.717, 1.165) is 12.0 Å². The highest BCUT2D eigenvalue weighted by Gasteiger charge is 2.19. The maximum Gasteiger partial charge on any atom is 0.344 e. The van der Waals surface area contributed by atoms with E-state index in [0.29, 0.717) is 31.1 Å². The van der Waals surface area contributed by atoms with Crippen LogP contribution in [0.15, 0.2) is 18.2 Å². The van der Waals surface area contributed by atoms with Crippen molar-refractivity contribution in [3.05, 3.63) is 23.8 Å². The standard InChI is InChI=1S/C14H21NO4/c1-3-11(14(16)17)19-12-6-5-10(7-8-15)9-13(12)18-4-2/h5-6,9,11H,3-4,7-8,15H2,1-2H3,(H,16,17). The maximum absolute atomic E-state index is 11.0. The topological polar surface area (TPSA) is 81.8 Å². The molecule has 0 aromatic heterocycles. The van der Waals surface area contributed by atoms with Crippen molar-refractivity contribution in [2.24, 2.45) is 5.73 Å². The van der Waals surface area contributed by atoms with Gasteiger partial charge in [-0.1, -0.05) is 13.0 Å². The normalized spacial score (nSPS) is 11.9. The number of rotatable bonds is 8. The molecule has 0 fully saturated rings. The van der Waals surface area contributed by atoms with E-state index in [1.807, 2.05) is 19.1 Å². The summed E-state index contributed by atoms with van der Waals surface area (Å²) in [5.41, 5.74) is 6.56. The number of benzene rings is 1. The minimum Gasteiger partial charge on any atom is -0.490 e. The first kappa shape index (κ1) is 15.3. The van der Waals surface area contributed by atoms with Gasteiger partial charge in [-0.2, -0.15) is 0 Å². The van der Waals surface area contributed by atoms with Crippen molar-refractivity contribution in [1.82, 2.24) is 0 Å². The van der Waals surface area contributed by atoms with Gasteiger partial charge in [-0.05, 0) is 44.0 Å². The summed E-state index contributed by atoms with van der Waals surface area (Å²) < 4.78 is 11.0. The molecule has 5 nitrogen and oxygen atoms in total. The zero-order valence-electron chi connectivity index (χ0n) is 11.4. The van der Waals surface area contributed by atoms with E-state index in [2.05, 4.69) is 0 Å². The van der Waals surface area contributed by atoms with Crippen molar-refractivity contribution in [3.63, 3.8) is 0 Å². The van der Waals surface area contributed by atoms with Crippen LogP contribution in [-0.4, -0.2) is 30.3 Å². The molecule has 1 aromatic rings. The van der Waals surface area contributed by atoms with E-state index in [1.165, 1.54) is 0 Å². The summed E-state index contributed by atoms with van der Waals surface area (Å²) in [5.74, 6) is 0.0426. The van der Waals surface area contributed by atoms with Crippen molar-refractivity contribution >= 4 is 5.97 Å². The summed E-state index contributed by atoms with van der Waals surface area (Å²) in [6, 6.07) is 5.46. The van der Waals surface area contributed by atoms with Gasteiger partial charge < -0.3 is 20.3 Å². The van der Waals surface area contributed by atoms with Gasteiger partial charge in [-0.3, -0.25) is 0 Å². The van der Waals surface area contributed by atoms with Crippen molar-refractivity contribution in [2.45, 2.75) is 32.8 Å². The quantitative estimate of drug-likeness (QED) is 0.751. The van der Waals surface area contributed by atoms with Crippen molar-refractivity contribution in [3.8, 4) is 11.5 Å². The Kier molecular flexibility index (Phi) is 6.15. The van der Waals surface area contributed by atoms with Crippen molar-refractivity contribution in [1.29, 1.82) is 0 Å². The minimum absolute atomic E-state index is 0.394. The second-order valence-corrected chi connectivity index (χ2v) is 4.11. The average molecular weight is 267 g/mol. The molecule has 19 heavy (non-hydrogen) atoms. The van der Waals surface area contributed by atoms with Gasteiger partial charge in [0, 0.05) is 0 Å². The number of ether oxygens (including phenoxy) is 2. The zero-order chi connectivity index (χ0) is 14.3. The number of hydrogen-bond donors (Lipinski definition) is 2. The van der Waals surface area contributed by atoms with Crippen molar-refractivity contribution in [2.75, 3.05) is 13.2 Å². The molecular weight excluding hydrogens is 246 g/mol. The number of carboxylic acid groups (broad SMARTS) is 1. The summed E-state index contributed by atoms with van der Waals surface area (Å²) in [6.07, 6.45) is 0.279. The molecule has 5 heteroatoms. The van der Waals surface area contributed by atoms with Crippen LogP contribution in [-0.2, 0) is 11.2 Å². The highest BCUT2D eigenvalue weighted by molar-refractivity contribution is 5.72. The third-order valence-electron chi connectivity index (χ3n) is 2.66. The van der Waals surface area contributed by atoms with E-state index < -0.39 is 12.1 Å². The predicted octanol–water partition coefficient (Wildman–Crippen LogP) is 1.83. The second kappa shape index (κ2) is 7.63. The SMILES string of the molecule is CCOc1cc(CCN)ccc1OC(CC)C(=O)O. The van der Waals surface area contributed by atoms with Crippen LogP contribution in [0, 0.1) is 0 Å². The fraction of sp³-hybridized carbons (Fsp3) is 0.500. The Balaban J connectivity index is 2.94. The molecule has 0 aliphatic rings. The molecule has 106 valence electrons. The van der Waals surface area contributed by atoms with Gasteiger partial charge >= 0.3 is 5.97 Å². The molecule has 0 spiro atoms. The van der Waals surface area contributed by atoms with Crippen LogP contribution in [0.4, 0.5) is 0 Å². The molecule has 1 aromatic carbocycles. The van der Waals surface area contributed by atoms with E-state index in [4.69, 9.17) is 20.3 Å². The van der Waals surface area contributed by atoms with Crippen LogP contribution in [0.5, 0.6) is 11.5 Å². The van der Waals surface area contributed by atoms with E-state index in [-0.39, 0.29) is 0 Å². The molecule has 0 amide bonds. The van der Waals surface area contributed by atoms with Crippen LogP contribution >= 0.6 is 0 Å². The fourth-order valence-electron chi connectivity index (χ4n) is 1.70. The first-order valence-corrected chi connectivity index (χ1v) is 6.47. The summed E-state index contributed by atoms with van der Waals surface area (Å²) in [4.78, 5) is 11.0. The average Bonchev–Trinajstić information content (AvgIpc) is 2.38. The van der Waals surface area contributed by atoms with Crippen LogP contribution in [0.3, 0.4) is 0 Å². The van der Waals surface area contributed by atoms with Gasteiger partial charge in [0.2, 0.25) is 0 Å². The summed E-state index contributed by atoms with van der Waals surface area (Å²) in [5, 5.41) is 9.01. The van der Waals surface area contributed by atoms with Crippen molar-refractivity contribution < 1.29 is 19.4 Å². The molecule has 1 unspecified atom stereocenters. The highest BCUT2D eigenvalue weighted by Crippen LogP contribution is 2.30. The van der Waals surface area contributed by atoms with Gasteiger partial charge in [0.05, 0.1) is 6.61 Å². The van der Waals surface area contributed by atoms with Gasteiger partial charge in [-0.25, -0.2) is 4.79 Å². The van der Waals surface area contributed by atoms with E-state index in [1.54, 1.807) is 13.0 Å². The molecule has 0 aliphatic heterocycles. The van der Waals surface area contributed by atoms with E-state index in [9.17, 15) is 4.79 Å². The number of hydrogen-bond acceptors (Lipinski definition) is 4. The molecule has 0 saturated carbocycles. The lowest BCUT2D eigenvalue weighted by atomic mass is 10.1. The lowest BCUT2D eigenvalue weighted by molar-refractivity contribution is -0.145. The van der Waals surface area contributed by atoms with E-state index >= 15 is 0 Å². The lowest BCUT2D eigenvalue weighted by Crippen LogP contribution is -2.26. The molecule has 0 aliphatic carbocycles. The smallest absolute Gasteiger partial charge is 0.344 e. The number of aliphatic carboxylic acids is 1. The van der Waals surface area contributed by atoms with Gasteiger partial charge in [0.1, 0.15) is 0 Å². The Bertz CT molecular complexity index is 420. The Morgan fingerprint density at radius 3 is 2.63 bits per heavy atom. The van der Waals surface area contributed by atoms with Crippen LogP contribution in [0.25, 0.3) is 0 Å². The molecule has 1 atom stereocenters. The number of carbonyl (C=O) groups is 1. The Morgan fingerprint density at radius 2 is 2.11 bits per heavy atom. The molecule has 0 heterocycles. The molecule has 0 radical (unpaired) electrons. The lowest BCUT2D eigenvalue weighted by Gasteiger charge is -2.17. The number of nitrogens with two attached hydrogens (primary N) is 1. The Morgan fingerprint density at radius 1 is 1.37 bits per heavy atom. The third kappa shape index (κ3) is 4.44. The second-order valence-electron chi connectivity index (χ2n) is 4.11.